The van der Waals surface area contributed by atoms with Gasteiger partial charge in [0, 0.05) is 31.2 Å². The number of hydrogen-bond donors (Lipinski definition) is 0. The monoisotopic (exact) mass is 359 g/mol. The molecule has 1 saturated heterocycles. The second kappa shape index (κ2) is 8.64. The highest BCUT2D eigenvalue weighted by Crippen LogP contribution is 2.20. The normalized spacial score (nSPS) is 18.0. The van der Waals surface area contributed by atoms with E-state index in [1.54, 1.807) is 11.3 Å². The Balaban J connectivity index is 1.55. The maximum Gasteiger partial charge on any atom is 0.0839 e. The van der Waals surface area contributed by atoms with Crippen LogP contribution in [0.2, 0.25) is 5.02 Å². The van der Waals surface area contributed by atoms with Crippen LogP contribution in [0.3, 0.4) is 0 Å². The van der Waals surface area contributed by atoms with Gasteiger partial charge in [-0.25, -0.2) is 0 Å². The fourth-order valence-electron chi connectivity index (χ4n) is 3.18. The molecule has 1 atom stereocenters. The fourth-order valence-corrected chi connectivity index (χ4v) is 3.97. The molecular weight excluding hydrogens is 338 g/mol. The minimum atomic E-state index is -0.0920. The van der Waals surface area contributed by atoms with Crippen molar-refractivity contribution in [1.82, 2.24) is 9.80 Å². The summed E-state index contributed by atoms with van der Waals surface area (Å²) in [6.07, 6.45) is 1.16. The van der Waals surface area contributed by atoms with E-state index >= 15 is 0 Å². The topological polar surface area (TPSA) is 30.3 Å². The highest BCUT2D eigenvalue weighted by molar-refractivity contribution is 7.07. The molecule has 24 heavy (non-hydrogen) atoms. The van der Waals surface area contributed by atoms with Crippen molar-refractivity contribution in [3.05, 3.63) is 57.2 Å². The lowest BCUT2D eigenvalue weighted by atomic mass is 10.00. The first-order valence-electron chi connectivity index (χ1n) is 8.35. The molecule has 1 aromatic heterocycles. The van der Waals surface area contributed by atoms with Gasteiger partial charge in [-0.15, -0.1) is 0 Å². The first kappa shape index (κ1) is 17.4. The standard InChI is InChI=1S/C19H22ClN3S/c20-19-4-2-17(3-5-19)18(12-21)14-23-8-1-7-22(9-10-23)13-16-6-11-24-15-16/h2-6,11,15,18H,1,7-10,13-14H2. The van der Waals surface area contributed by atoms with Crippen LogP contribution in [0.15, 0.2) is 41.1 Å². The number of halogens is 1. The molecule has 0 amide bonds. The lowest BCUT2D eigenvalue weighted by molar-refractivity contribution is 0.249. The number of hydrogen-bond acceptors (Lipinski definition) is 4. The average Bonchev–Trinajstić information content (AvgIpc) is 3.00. The van der Waals surface area contributed by atoms with E-state index < -0.39 is 0 Å². The van der Waals surface area contributed by atoms with Crippen LogP contribution in [0, 0.1) is 11.3 Å². The second-order valence-electron chi connectivity index (χ2n) is 6.30. The molecule has 0 aliphatic carbocycles. The Morgan fingerprint density at radius 3 is 2.54 bits per heavy atom. The van der Waals surface area contributed by atoms with Crippen LogP contribution in [0.1, 0.15) is 23.5 Å². The molecule has 1 aliphatic heterocycles. The van der Waals surface area contributed by atoms with Gasteiger partial charge in [0.1, 0.15) is 0 Å². The molecule has 5 heteroatoms. The Bertz CT molecular complexity index is 663. The first-order chi connectivity index (χ1) is 11.7. The van der Waals surface area contributed by atoms with Crippen molar-refractivity contribution in [3.8, 4) is 6.07 Å². The summed E-state index contributed by atoms with van der Waals surface area (Å²) in [5.41, 5.74) is 2.46. The average molecular weight is 360 g/mol. The molecule has 3 rings (SSSR count). The molecule has 1 unspecified atom stereocenters. The number of nitriles is 1. The van der Waals surface area contributed by atoms with E-state index in [9.17, 15) is 5.26 Å². The third-order valence-electron chi connectivity index (χ3n) is 4.54. The lowest BCUT2D eigenvalue weighted by Crippen LogP contribution is -2.33. The molecule has 0 spiro atoms. The van der Waals surface area contributed by atoms with Gasteiger partial charge in [-0.1, -0.05) is 23.7 Å². The summed E-state index contributed by atoms with van der Waals surface area (Å²) in [6.45, 7) is 6.11. The van der Waals surface area contributed by atoms with Crippen molar-refractivity contribution in [3.63, 3.8) is 0 Å². The molecular formula is C19H22ClN3S. The Labute approximate surface area is 153 Å². The zero-order valence-electron chi connectivity index (χ0n) is 13.7. The highest BCUT2D eigenvalue weighted by atomic mass is 35.5. The van der Waals surface area contributed by atoms with Crippen LogP contribution in [0.5, 0.6) is 0 Å². The molecule has 3 nitrogen and oxygen atoms in total. The Morgan fingerprint density at radius 2 is 1.83 bits per heavy atom. The third-order valence-corrected chi connectivity index (χ3v) is 5.52. The van der Waals surface area contributed by atoms with E-state index in [0.29, 0.717) is 5.02 Å². The maximum absolute atomic E-state index is 9.55. The van der Waals surface area contributed by atoms with Crippen LogP contribution in [-0.2, 0) is 6.54 Å². The van der Waals surface area contributed by atoms with Gasteiger partial charge in [-0.2, -0.15) is 16.6 Å². The van der Waals surface area contributed by atoms with Crippen LogP contribution < -0.4 is 0 Å². The van der Waals surface area contributed by atoms with Gasteiger partial charge in [-0.05, 0) is 59.6 Å². The van der Waals surface area contributed by atoms with E-state index in [1.807, 2.05) is 24.3 Å². The molecule has 0 bridgehead atoms. The molecule has 1 fully saturated rings. The fraction of sp³-hybridized carbons (Fsp3) is 0.421. The number of rotatable bonds is 5. The zero-order chi connectivity index (χ0) is 16.8. The minimum absolute atomic E-state index is 0.0920. The van der Waals surface area contributed by atoms with Crippen molar-refractivity contribution in [2.24, 2.45) is 0 Å². The van der Waals surface area contributed by atoms with E-state index in [-0.39, 0.29) is 5.92 Å². The molecule has 1 aromatic carbocycles. The van der Waals surface area contributed by atoms with Crippen molar-refractivity contribution in [2.45, 2.75) is 18.9 Å². The molecule has 2 heterocycles. The molecule has 126 valence electrons. The molecule has 2 aromatic rings. The van der Waals surface area contributed by atoms with E-state index in [1.165, 1.54) is 5.56 Å². The summed E-state index contributed by atoms with van der Waals surface area (Å²) in [5, 5.41) is 14.6. The predicted molar refractivity (Wildman–Crippen MR) is 100 cm³/mol. The van der Waals surface area contributed by atoms with Gasteiger partial charge < -0.3 is 4.90 Å². The van der Waals surface area contributed by atoms with E-state index in [0.717, 1.165) is 51.3 Å². The molecule has 0 saturated carbocycles. The van der Waals surface area contributed by atoms with Gasteiger partial charge in [0.15, 0.2) is 0 Å². The van der Waals surface area contributed by atoms with Crippen molar-refractivity contribution < 1.29 is 0 Å². The number of nitrogens with zero attached hydrogens (tertiary/aromatic N) is 3. The van der Waals surface area contributed by atoms with Gasteiger partial charge >= 0.3 is 0 Å². The summed E-state index contributed by atoms with van der Waals surface area (Å²) >= 11 is 7.71. The van der Waals surface area contributed by atoms with Crippen molar-refractivity contribution >= 4 is 22.9 Å². The summed E-state index contributed by atoms with van der Waals surface area (Å²) in [4.78, 5) is 4.95. The lowest BCUT2D eigenvalue weighted by Gasteiger charge is -2.23. The highest BCUT2D eigenvalue weighted by Gasteiger charge is 2.19. The van der Waals surface area contributed by atoms with Gasteiger partial charge in [0.2, 0.25) is 0 Å². The van der Waals surface area contributed by atoms with Crippen LogP contribution in [0.25, 0.3) is 0 Å². The van der Waals surface area contributed by atoms with E-state index in [2.05, 4.69) is 32.7 Å². The second-order valence-corrected chi connectivity index (χ2v) is 7.51. The van der Waals surface area contributed by atoms with E-state index in [4.69, 9.17) is 11.6 Å². The molecule has 0 radical (unpaired) electrons. The predicted octanol–water partition coefficient (Wildman–Crippen LogP) is 4.22. The molecule has 0 N–H and O–H groups in total. The number of thiophene rings is 1. The van der Waals surface area contributed by atoms with Crippen molar-refractivity contribution in [2.75, 3.05) is 32.7 Å². The van der Waals surface area contributed by atoms with Gasteiger partial charge in [0.25, 0.3) is 0 Å². The van der Waals surface area contributed by atoms with Crippen LogP contribution in [0.4, 0.5) is 0 Å². The molecule has 1 aliphatic rings. The first-order valence-corrected chi connectivity index (χ1v) is 9.67. The Kier molecular flexibility index (Phi) is 6.28. The Morgan fingerprint density at radius 1 is 1.08 bits per heavy atom. The summed E-state index contributed by atoms with van der Waals surface area (Å²) in [6, 6.07) is 12.3. The zero-order valence-corrected chi connectivity index (χ0v) is 15.3. The third kappa shape index (κ3) is 4.81. The quantitative estimate of drug-likeness (QED) is 0.800. The summed E-state index contributed by atoms with van der Waals surface area (Å²) in [5.74, 6) is -0.0920. The van der Waals surface area contributed by atoms with Crippen LogP contribution in [-0.4, -0.2) is 42.5 Å². The van der Waals surface area contributed by atoms with Gasteiger partial charge in [-0.3, -0.25) is 4.90 Å². The smallest absolute Gasteiger partial charge is 0.0839 e. The summed E-state index contributed by atoms with van der Waals surface area (Å²) in [7, 11) is 0. The maximum atomic E-state index is 9.55. The van der Waals surface area contributed by atoms with Gasteiger partial charge in [0.05, 0.1) is 12.0 Å². The Hall–Kier alpha value is -1.38. The number of benzene rings is 1. The minimum Gasteiger partial charge on any atom is -0.300 e. The SMILES string of the molecule is N#CC(CN1CCCN(Cc2ccsc2)CC1)c1ccc(Cl)cc1. The van der Waals surface area contributed by atoms with Crippen LogP contribution >= 0.6 is 22.9 Å². The largest absolute Gasteiger partial charge is 0.300 e. The summed E-state index contributed by atoms with van der Waals surface area (Å²) < 4.78 is 0. The van der Waals surface area contributed by atoms with Crippen molar-refractivity contribution in [1.29, 1.82) is 5.26 Å².